The lowest BCUT2D eigenvalue weighted by Gasteiger charge is -2.15. The van der Waals surface area contributed by atoms with E-state index in [1.54, 1.807) is 11.1 Å². The minimum absolute atomic E-state index is 0.0517. The number of hydrogen-bond acceptors (Lipinski definition) is 3. The predicted molar refractivity (Wildman–Crippen MR) is 59.1 cm³/mol. The number of amides is 1. The first-order chi connectivity index (χ1) is 7.74. The van der Waals surface area contributed by atoms with Crippen molar-refractivity contribution >= 4 is 22.6 Å². The molecule has 0 saturated carbocycles. The highest BCUT2D eigenvalue weighted by Crippen LogP contribution is 2.23. The standard InChI is InChI=1S/C11H11N3O2/c15-9-4-10(16)14(6-9)8-3-7-1-2-12-11(7)13-5-8/h1-3,5,9,15H,4,6H2,(H,12,13). The molecule has 16 heavy (non-hydrogen) atoms. The molecule has 82 valence electrons. The van der Waals surface area contributed by atoms with Gasteiger partial charge in [0.2, 0.25) is 5.91 Å². The van der Waals surface area contributed by atoms with Crippen LogP contribution >= 0.6 is 0 Å². The van der Waals surface area contributed by atoms with Gasteiger partial charge in [0.05, 0.1) is 31.0 Å². The lowest BCUT2D eigenvalue weighted by Crippen LogP contribution is -2.25. The largest absolute Gasteiger partial charge is 0.391 e. The summed E-state index contributed by atoms with van der Waals surface area (Å²) in [6.07, 6.45) is 3.09. The molecule has 0 aliphatic carbocycles. The van der Waals surface area contributed by atoms with Crippen LogP contribution in [-0.2, 0) is 4.79 Å². The fourth-order valence-electron chi connectivity index (χ4n) is 2.01. The molecular weight excluding hydrogens is 206 g/mol. The van der Waals surface area contributed by atoms with Crippen molar-refractivity contribution in [2.75, 3.05) is 11.4 Å². The van der Waals surface area contributed by atoms with Crippen molar-refractivity contribution in [2.24, 2.45) is 0 Å². The molecule has 2 aromatic rings. The van der Waals surface area contributed by atoms with Crippen LogP contribution in [0.4, 0.5) is 5.69 Å². The van der Waals surface area contributed by atoms with E-state index in [0.29, 0.717) is 6.54 Å². The molecule has 3 rings (SSSR count). The first kappa shape index (κ1) is 9.35. The van der Waals surface area contributed by atoms with E-state index in [4.69, 9.17) is 0 Å². The zero-order valence-electron chi connectivity index (χ0n) is 8.55. The molecule has 1 saturated heterocycles. The number of fused-ring (bicyclic) bond motifs is 1. The van der Waals surface area contributed by atoms with Gasteiger partial charge >= 0.3 is 0 Å². The number of β-amino-alcohol motifs (C(OH)–C–C–N with tert-alkyl or cyclic N) is 1. The van der Waals surface area contributed by atoms with Crippen molar-refractivity contribution in [3.63, 3.8) is 0 Å². The predicted octanol–water partition coefficient (Wildman–Crippen LogP) is 0.661. The maximum atomic E-state index is 11.6. The van der Waals surface area contributed by atoms with Gasteiger partial charge in [-0.3, -0.25) is 4.79 Å². The molecule has 2 aromatic heterocycles. The van der Waals surface area contributed by atoms with Crippen LogP contribution in [0.1, 0.15) is 6.42 Å². The highest BCUT2D eigenvalue weighted by molar-refractivity contribution is 5.97. The highest BCUT2D eigenvalue weighted by Gasteiger charge is 2.29. The Balaban J connectivity index is 2.02. The van der Waals surface area contributed by atoms with Crippen LogP contribution in [0.3, 0.4) is 0 Å². The number of carbonyl (C=O) groups is 1. The summed E-state index contributed by atoms with van der Waals surface area (Å²) in [5.74, 6) is -0.0517. The van der Waals surface area contributed by atoms with Crippen LogP contribution in [0.2, 0.25) is 0 Å². The molecule has 1 fully saturated rings. The summed E-state index contributed by atoms with van der Waals surface area (Å²) in [4.78, 5) is 20.4. The van der Waals surface area contributed by atoms with Gasteiger partial charge < -0.3 is 15.0 Å². The quantitative estimate of drug-likeness (QED) is 0.737. The number of anilines is 1. The van der Waals surface area contributed by atoms with Gasteiger partial charge in [-0.15, -0.1) is 0 Å². The first-order valence-electron chi connectivity index (χ1n) is 5.15. The topological polar surface area (TPSA) is 69.2 Å². The number of nitrogens with zero attached hydrogens (tertiary/aromatic N) is 2. The van der Waals surface area contributed by atoms with Gasteiger partial charge in [0.1, 0.15) is 5.65 Å². The molecule has 2 N–H and O–H groups in total. The molecular formula is C11H11N3O2. The Bertz CT molecular complexity index is 549. The maximum Gasteiger partial charge on any atom is 0.229 e. The van der Waals surface area contributed by atoms with Gasteiger partial charge in [-0.2, -0.15) is 0 Å². The molecule has 5 nitrogen and oxygen atoms in total. The SMILES string of the molecule is O=C1CC(O)CN1c1cnc2[nH]ccc2c1. The summed E-state index contributed by atoms with van der Waals surface area (Å²) in [6.45, 7) is 0.358. The molecule has 5 heteroatoms. The molecule has 0 spiro atoms. The highest BCUT2D eigenvalue weighted by atomic mass is 16.3. The van der Waals surface area contributed by atoms with E-state index in [1.807, 2.05) is 18.3 Å². The van der Waals surface area contributed by atoms with E-state index < -0.39 is 6.10 Å². The molecule has 0 radical (unpaired) electrons. The van der Waals surface area contributed by atoms with Crippen LogP contribution in [0.5, 0.6) is 0 Å². The van der Waals surface area contributed by atoms with Crippen molar-refractivity contribution in [2.45, 2.75) is 12.5 Å². The van der Waals surface area contributed by atoms with Crippen LogP contribution in [0.25, 0.3) is 11.0 Å². The summed E-state index contributed by atoms with van der Waals surface area (Å²) in [5, 5.41) is 10.4. The van der Waals surface area contributed by atoms with Crippen molar-refractivity contribution in [3.8, 4) is 0 Å². The number of carbonyl (C=O) groups excluding carboxylic acids is 1. The smallest absolute Gasteiger partial charge is 0.229 e. The maximum absolute atomic E-state index is 11.6. The number of aliphatic hydroxyl groups is 1. The number of aliphatic hydroxyl groups excluding tert-OH is 1. The number of aromatic amines is 1. The van der Waals surface area contributed by atoms with Crippen molar-refractivity contribution < 1.29 is 9.90 Å². The number of hydrogen-bond donors (Lipinski definition) is 2. The van der Waals surface area contributed by atoms with Crippen LogP contribution in [0.15, 0.2) is 24.5 Å². The minimum Gasteiger partial charge on any atom is -0.391 e. The molecule has 3 heterocycles. The third-order valence-corrected chi connectivity index (χ3v) is 2.80. The third kappa shape index (κ3) is 1.37. The zero-order valence-corrected chi connectivity index (χ0v) is 8.55. The third-order valence-electron chi connectivity index (χ3n) is 2.80. The van der Waals surface area contributed by atoms with E-state index in [1.165, 1.54) is 0 Å². The fraction of sp³-hybridized carbons (Fsp3) is 0.273. The number of rotatable bonds is 1. The molecule has 1 amide bonds. The Kier molecular flexibility index (Phi) is 1.94. The molecule has 0 aromatic carbocycles. The normalized spacial score (nSPS) is 20.9. The molecule has 0 bridgehead atoms. The van der Waals surface area contributed by atoms with E-state index in [9.17, 15) is 9.90 Å². The van der Waals surface area contributed by atoms with Crippen molar-refractivity contribution in [1.82, 2.24) is 9.97 Å². The summed E-state index contributed by atoms with van der Waals surface area (Å²) >= 11 is 0. The van der Waals surface area contributed by atoms with E-state index in [-0.39, 0.29) is 12.3 Å². The lowest BCUT2D eigenvalue weighted by molar-refractivity contribution is -0.117. The molecule has 1 unspecified atom stereocenters. The van der Waals surface area contributed by atoms with Gasteiger partial charge in [-0.05, 0) is 12.1 Å². The first-order valence-corrected chi connectivity index (χ1v) is 5.15. The average molecular weight is 217 g/mol. The Labute approximate surface area is 91.7 Å². The Morgan fingerprint density at radius 3 is 3.19 bits per heavy atom. The fourth-order valence-corrected chi connectivity index (χ4v) is 2.01. The van der Waals surface area contributed by atoms with Crippen LogP contribution in [-0.4, -0.2) is 33.6 Å². The number of H-pyrrole nitrogens is 1. The summed E-state index contributed by atoms with van der Waals surface area (Å²) < 4.78 is 0. The number of aromatic nitrogens is 2. The second-order valence-corrected chi connectivity index (χ2v) is 3.97. The zero-order chi connectivity index (χ0) is 11.1. The van der Waals surface area contributed by atoms with Crippen LogP contribution < -0.4 is 4.90 Å². The summed E-state index contributed by atoms with van der Waals surface area (Å²) in [6, 6.07) is 3.80. The monoisotopic (exact) mass is 217 g/mol. The average Bonchev–Trinajstić information content (AvgIpc) is 2.83. The van der Waals surface area contributed by atoms with E-state index in [2.05, 4.69) is 9.97 Å². The molecule has 1 atom stereocenters. The Morgan fingerprint density at radius 1 is 1.56 bits per heavy atom. The second-order valence-electron chi connectivity index (χ2n) is 3.97. The minimum atomic E-state index is -0.561. The Hall–Kier alpha value is -1.88. The van der Waals surface area contributed by atoms with Gasteiger partial charge in [0, 0.05) is 11.6 Å². The van der Waals surface area contributed by atoms with Crippen molar-refractivity contribution in [1.29, 1.82) is 0 Å². The summed E-state index contributed by atoms with van der Waals surface area (Å²) in [5.41, 5.74) is 1.55. The van der Waals surface area contributed by atoms with E-state index >= 15 is 0 Å². The van der Waals surface area contributed by atoms with Crippen LogP contribution in [0, 0.1) is 0 Å². The van der Waals surface area contributed by atoms with E-state index in [0.717, 1.165) is 16.7 Å². The summed E-state index contributed by atoms with van der Waals surface area (Å²) in [7, 11) is 0. The van der Waals surface area contributed by atoms with Gasteiger partial charge in [0.25, 0.3) is 0 Å². The molecule has 1 aliphatic heterocycles. The second kappa shape index (κ2) is 3.31. The number of nitrogens with one attached hydrogen (secondary N) is 1. The number of pyridine rings is 1. The van der Waals surface area contributed by atoms with Gasteiger partial charge in [0.15, 0.2) is 0 Å². The van der Waals surface area contributed by atoms with Gasteiger partial charge in [-0.1, -0.05) is 0 Å². The van der Waals surface area contributed by atoms with Gasteiger partial charge in [-0.25, -0.2) is 4.98 Å². The lowest BCUT2D eigenvalue weighted by atomic mass is 10.3. The molecule has 1 aliphatic rings. The van der Waals surface area contributed by atoms with Crippen molar-refractivity contribution in [3.05, 3.63) is 24.5 Å². The Morgan fingerprint density at radius 2 is 2.44 bits per heavy atom.